The van der Waals surface area contributed by atoms with E-state index in [0.717, 1.165) is 16.4 Å². The van der Waals surface area contributed by atoms with Gasteiger partial charge in [-0.25, -0.2) is 17.2 Å². The van der Waals surface area contributed by atoms with Gasteiger partial charge < -0.3 is 5.11 Å². The van der Waals surface area contributed by atoms with Gasteiger partial charge >= 0.3 is 5.97 Å². The Hall–Kier alpha value is -1.58. The van der Waals surface area contributed by atoms with Crippen LogP contribution in [0.3, 0.4) is 0 Å². The van der Waals surface area contributed by atoms with Crippen LogP contribution in [0.1, 0.15) is 0 Å². The molecule has 1 N–H and O–H groups in total. The zero-order valence-electron chi connectivity index (χ0n) is 11.0. The first-order valence-corrected chi connectivity index (χ1v) is 7.64. The fourth-order valence-corrected chi connectivity index (χ4v) is 3.54. The molecule has 0 bridgehead atoms. The predicted octanol–water partition coefficient (Wildman–Crippen LogP) is 0.356. The van der Waals surface area contributed by atoms with Crippen molar-refractivity contribution in [1.82, 2.24) is 9.21 Å². The van der Waals surface area contributed by atoms with Crippen molar-refractivity contribution in [2.24, 2.45) is 0 Å². The zero-order chi connectivity index (χ0) is 15.6. The number of hydrogen-bond donors (Lipinski definition) is 1. The van der Waals surface area contributed by atoms with Crippen LogP contribution in [0.15, 0.2) is 23.1 Å². The molecule has 1 saturated heterocycles. The summed E-state index contributed by atoms with van der Waals surface area (Å²) >= 11 is 0. The van der Waals surface area contributed by atoms with Gasteiger partial charge in [0.2, 0.25) is 10.0 Å². The number of piperazine rings is 1. The van der Waals surface area contributed by atoms with Crippen molar-refractivity contribution in [2.45, 2.75) is 4.90 Å². The standard InChI is InChI=1S/C12H14F2N2O4S/c13-10-2-1-9(7-11(10)14)21(19,20)16-5-3-15(4-6-16)8-12(17)18/h1-2,7H,3-6,8H2,(H,17,18). The molecule has 1 aromatic carbocycles. The van der Waals surface area contributed by atoms with Crippen molar-refractivity contribution >= 4 is 16.0 Å². The summed E-state index contributed by atoms with van der Waals surface area (Å²) in [6, 6.07) is 2.43. The maximum Gasteiger partial charge on any atom is 0.317 e. The second-order valence-electron chi connectivity index (χ2n) is 4.65. The number of rotatable bonds is 4. The molecule has 9 heteroatoms. The van der Waals surface area contributed by atoms with Crippen molar-refractivity contribution in [3.05, 3.63) is 29.8 Å². The highest BCUT2D eigenvalue weighted by Crippen LogP contribution is 2.19. The summed E-state index contributed by atoms with van der Waals surface area (Å²) in [6.45, 7) is 0.604. The van der Waals surface area contributed by atoms with Crippen LogP contribution in [-0.4, -0.2) is 61.4 Å². The van der Waals surface area contributed by atoms with E-state index in [4.69, 9.17) is 5.11 Å². The molecule has 1 fully saturated rings. The summed E-state index contributed by atoms with van der Waals surface area (Å²) in [7, 11) is -3.90. The number of carboxylic acid groups (broad SMARTS) is 1. The molecule has 0 atom stereocenters. The van der Waals surface area contributed by atoms with E-state index < -0.39 is 27.6 Å². The van der Waals surface area contributed by atoms with Gasteiger partial charge in [0.05, 0.1) is 11.4 Å². The molecular weight excluding hydrogens is 306 g/mol. The second-order valence-corrected chi connectivity index (χ2v) is 6.59. The van der Waals surface area contributed by atoms with Gasteiger partial charge in [0, 0.05) is 26.2 Å². The Labute approximate surface area is 120 Å². The minimum atomic E-state index is -3.90. The van der Waals surface area contributed by atoms with Crippen molar-refractivity contribution < 1.29 is 27.1 Å². The number of carbonyl (C=O) groups is 1. The summed E-state index contributed by atoms with van der Waals surface area (Å²) in [5.74, 6) is -3.31. The highest BCUT2D eigenvalue weighted by molar-refractivity contribution is 7.89. The second kappa shape index (κ2) is 6.04. The fourth-order valence-electron chi connectivity index (χ4n) is 2.11. The molecule has 116 valence electrons. The highest BCUT2D eigenvalue weighted by Gasteiger charge is 2.29. The first-order chi connectivity index (χ1) is 9.80. The van der Waals surface area contributed by atoms with E-state index in [9.17, 15) is 22.0 Å². The van der Waals surface area contributed by atoms with Gasteiger partial charge in [-0.3, -0.25) is 9.69 Å². The topological polar surface area (TPSA) is 77.9 Å². The lowest BCUT2D eigenvalue weighted by Crippen LogP contribution is -2.49. The van der Waals surface area contributed by atoms with Crippen molar-refractivity contribution in [3.8, 4) is 0 Å². The van der Waals surface area contributed by atoms with Gasteiger partial charge in [-0.15, -0.1) is 0 Å². The molecule has 0 aliphatic carbocycles. The van der Waals surface area contributed by atoms with Crippen LogP contribution in [0.25, 0.3) is 0 Å². The minimum Gasteiger partial charge on any atom is -0.480 e. The summed E-state index contributed by atoms with van der Waals surface area (Å²) in [6.07, 6.45) is 0. The average molecular weight is 320 g/mol. The molecule has 2 rings (SSSR count). The number of hydrogen-bond acceptors (Lipinski definition) is 4. The van der Waals surface area contributed by atoms with Crippen LogP contribution in [0.2, 0.25) is 0 Å². The number of carboxylic acids is 1. The molecule has 0 radical (unpaired) electrons. The monoisotopic (exact) mass is 320 g/mol. The van der Waals surface area contributed by atoms with E-state index in [0.29, 0.717) is 6.07 Å². The first kappa shape index (κ1) is 15.8. The maximum atomic E-state index is 13.2. The third-order valence-electron chi connectivity index (χ3n) is 3.22. The lowest BCUT2D eigenvalue weighted by Gasteiger charge is -2.32. The van der Waals surface area contributed by atoms with Crippen LogP contribution < -0.4 is 0 Å². The SMILES string of the molecule is O=C(O)CN1CCN(S(=O)(=O)c2ccc(F)c(F)c2)CC1. The maximum absolute atomic E-state index is 13.2. The van der Waals surface area contributed by atoms with E-state index >= 15 is 0 Å². The van der Waals surface area contributed by atoms with E-state index in [1.54, 1.807) is 4.90 Å². The van der Waals surface area contributed by atoms with Crippen LogP contribution in [0, 0.1) is 11.6 Å². The van der Waals surface area contributed by atoms with Gasteiger partial charge in [-0.2, -0.15) is 4.31 Å². The average Bonchev–Trinajstić information content (AvgIpc) is 2.41. The van der Waals surface area contributed by atoms with E-state index in [1.807, 2.05) is 0 Å². The molecule has 0 unspecified atom stereocenters. The third-order valence-corrected chi connectivity index (χ3v) is 5.11. The summed E-state index contributed by atoms with van der Waals surface area (Å²) in [5.41, 5.74) is 0. The molecule has 6 nitrogen and oxygen atoms in total. The molecule has 0 spiro atoms. The molecule has 1 heterocycles. The number of aliphatic carboxylic acids is 1. The van der Waals surface area contributed by atoms with Crippen molar-refractivity contribution in [3.63, 3.8) is 0 Å². The summed E-state index contributed by atoms with van der Waals surface area (Å²) in [4.78, 5) is 11.9. The van der Waals surface area contributed by atoms with Gasteiger partial charge in [0.25, 0.3) is 0 Å². The van der Waals surface area contributed by atoms with Crippen LogP contribution >= 0.6 is 0 Å². The van der Waals surface area contributed by atoms with Crippen LogP contribution in [0.4, 0.5) is 8.78 Å². The smallest absolute Gasteiger partial charge is 0.317 e. The Kier molecular flexibility index (Phi) is 4.55. The molecule has 0 saturated carbocycles. The fraction of sp³-hybridized carbons (Fsp3) is 0.417. The molecule has 1 aliphatic rings. The van der Waals surface area contributed by atoms with E-state index in [-0.39, 0.29) is 37.6 Å². The van der Waals surface area contributed by atoms with Gasteiger partial charge in [0.1, 0.15) is 0 Å². The largest absolute Gasteiger partial charge is 0.480 e. The quantitative estimate of drug-likeness (QED) is 0.866. The number of sulfonamides is 1. The first-order valence-electron chi connectivity index (χ1n) is 6.20. The normalized spacial score (nSPS) is 17.8. The van der Waals surface area contributed by atoms with Crippen molar-refractivity contribution in [2.75, 3.05) is 32.7 Å². The van der Waals surface area contributed by atoms with Crippen molar-refractivity contribution in [1.29, 1.82) is 0 Å². The van der Waals surface area contributed by atoms with Gasteiger partial charge in [0.15, 0.2) is 11.6 Å². The highest BCUT2D eigenvalue weighted by atomic mass is 32.2. The number of nitrogens with zero attached hydrogens (tertiary/aromatic N) is 2. The van der Waals surface area contributed by atoms with Crippen LogP contribution in [0.5, 0.6) is 0 Å². The van der Waals surface area contributed by atoms with Gasteiger partial charge in [-0.1, -0.05) is 0 Å². The number of benzene rings is 1. The zero-order valence-corrected chi connectivity index (χ0v) is 11.8. The summed E-state index contributed by atoms with van der Waals surface area (Å²) < 4.78 is 51.7. The summed E-state index contributed by atoms with van der Waals surface area (Å²) in [5, 5.41) is 8.68. The van der Waals surface area contributed by atoms with E-state index in [2.05, 4.69) is 0 Å². The number of halogens is 2. The van der Waals surface area contributed by atoms with Crippen LogP contribution in [-0.2, 0) is 14.8 Å². The predicted molar refractivity (Wildman–Crippen MR) is 69.2 cm³/mol. The Morgan fingerprint density at radius 3 is 2.29 bits per heavy atom. The van der Waals surface area contributed by atoms with E-state index in [1.165, 1.54) is 0 Å². The molecule has 0 amide bonds. The lowest BCUT2D eigenvalue weighted by molar-refractivity contribution is -0.138. The lowest BCUT2D eigenvalue weighted by atomic mass is 10.3. The molecular formula is C12H14F2N2O4S. The van der Waals surface area contributed by atoms with Gasteiger partial charge in [-0.05, 0) is 18.2 Å². The molecule has 0 aromatic heterocycles. The third kappa shape index (κ3) is 3.55. The Bertz CT molecular complexity index is 643. The Morgan fingerprint density at radius 1 is 1.14 bits per heavy atom. The molecule has 1 aromatic rings. The molecule has 1 aliphatic heterocycles. The minimum absolute atomic E-state index is 0.106. The molecule has 21 heavy (non-hydrogen) atoms. The Balaban J connectivity index is 2.11. The Morgan fingerprint density at radius 2 is 1.76 bits per heavy atom.